The highest BCUT2D eigenvalue weighted by atomic mass is 32.2. The van der Waals surface area contributed by atoms with Crippen molar-refractivity contribution in [2.24, 2.45) is 0 Å². The van der Waals surface area contributed by atoms with E-state index in [1.165, 1.54) is 4.89 Å². The minimum absolute atomic E-state index is 0.409. The molecule has 0 spiro atoms. The van der Waals surface area contributed by atoms with Crippen molar-refractivity contribution >= 4 is 16.0 Å². The molecule has 1 aromatic rings. The lowest BCUT2D eigenvalue weighted by atomic mass is 10.2. The van der Waals surface area contributed by atoms with Gasteiger partial charge in [-0.15, -0.1) is 0 Å². The molecule has 0 fully saturated rings. The van der Waals surface area contributed by atoms with Gasteiger partial charge in [-0.1, -0.05) is 11.0 Å². The summed E-state index contributed by atoms with van der Waals surface area (Å²) in [4.78, 5) is 14.9. The Hall–Kier alpha value is -1.65. The van der Waals surface area contributed by atoms with Crippen molar-refractivity contribution in [3.63, 3.8) is 0 Å². The second-order valence-electron chi connectivity index (χ2n) is 3.29. The van der Waals surface area contributed by atoms with Gasteiger partial charge in [-0.3, -0.25) is 4.84 Å². The first kappa shape index (κ1) is 15.4. The van der Waals surface area contributed by atoms with Crippen LogP contribution in [0.4, 0.5) is 13.2 Å². The van der Waals surface area contributed by atoms with E-state index < -0.39 is 39.2 Å². The normalized spacial score (nSPS) is 12.4. The van der Waals surface area contributed by atoms with Gasteiger partial charge in [-0.05, 0) is 18.2 Å². The molecule has 19 heavy (non-hydrogen) atoms. The second-order valence-corrected chi connectivity index (χ2v) is 4.94. The van der Waals surface area contributed by atoms with Crippen LogP contribution >= 0.6 is 0 Å². The molecular formula is C9H8F3NO5S. The van der Waals surface area contributed by atoms with Gasteiger partial charge in [0.25, 0.3) is 10.0 Å². The van der Waals surface area contributed by atoms with E-state index in [0.29, 0.717) is 12.1 Å². The number of carboxylic acids is 1. The Morgan fingerprint density at radius 3 is 2.53 bits per heavy atom. The Bertz CT molecular complexity index is 569. The minimum atomic E-state index is -4.69. The van der Waals surface area contributed by atoms with Crippen molar-refractivity contribution in [3.05, 3.63) is 29.8 Å². The lowest BCUT2D eigenvalue weighted by molar-refractivity contribution is -0.143. The summed E-state index contributed by atoms with van der Waals surface area (Å²) in [5.74, 6) is -1.44. The standard InChI is InChI=1S/C9H8F3NO5S/c10-9(11,12)6-2-1-3-7(4-6)19(16,17)13-18-5-8(14)15/h1-4,13H,5H2,(H,14,15). The number of carbonyl (C=O) groups is 1. The van der Waals surface area contributed by atoms with E-state index in [1.54, 1.807) is 0 Å². The van der Waals surface area contributed by atoms with Crippen molar-refractivity contribution in [1.29, 1.82) is 0 Å². The maximum atomic E-state index is 12.4. The zero-order valence-corrected chi connectivity index (χ0v) is 9.96. The fourth-order valence-electron chi connectivity index (χ4n) is 1.06. The molecule has 0 saturated heterocycles. The average molecular weight is 299 g/mol. The molecule has 0 saturated carbocycles. The van der Waals surface area contributed by atoms with Gasteiger partial charge in [0.2, 0.25) is 0 Å². The average Bonchev–Trinajstić information content (AvgIpc) is 2.27. The number of halogens is 3. The second kappa shape index (κ2) is 5.55. The summed E-state index contributed by atoms with van der Waals surface area (Å²) >= 11 is 0. The predicted molar refractivity (Wildman–Crippen MR) is 55.4 cm³/mol. The first-order valence-corrected chi connectivity index (χ1v) is 6.14. The summed E-state index contributed by atoms with van der Waals surface area (Å²) in [6.07, 6.45) is -4.69. The number of hydrogen-bond acceptors (Lipinski definition) is 4. The van der Waals surface area contributed by atoms with Crippen LogP contribution in [0.3, 0.4) is 0 Å². The Morgan fingerprint density at radius 2 is 2.00 bits per heavy atom. The molecule has 0 aromatic heterocycles. The number of benzene rings is 1. The van der Waals surface area contributed by atoms with Gasteiger partial charge in [0.05, 0.1) is 10.5 Å². The van der Waals surface area contributed by atoms with Crippen LogP contribution in [0.2, 0.25) is 0 Å². The highest BCUT2D eigenvalue weighted by Crippen LogP contribution is 2.30. The third-order valence-corrected chi connectivity index (χ3v) is 3.05. The maximum absolute atomic E-state index is 12.4. The monoisotopic (exact) mass is 299 g/mol. The molecule has 1 aromatic carbocycles. The molecule has 6 nitrogen and oxygen atoms in total. The van der Waals surface area contributed by atoms with Crippen LogP contribution < -0.4 is 4.89 Å². The molecule has 0 atom stereocenters. The summed E-state index contributed by atoms with van der Waals surface area (Å²) in [6, 6.07) is 2.94. The number of alkyl halides is 3. The number of carboxylic acid groups (broad SMARTS) is 1. The van der Waals surface area contributed by atoms with E-state index >= 15 is 0 Å². The molecule has 0 aliphatic carbocycles. The van der Waals surface area contributed by atoms with Crippen molar-refractivity contribution < 1.29 is 36.3 Å². The largest absolute Gasteiger partial charge is 0.479 e. The van der Waals surface area contributed by atoms with Crippen molar-refractivity contribution in [1.82, 2.24) is 4.89 Å². The van der Waals surface area contributed by atoms with Crippen molar-refractivity contribution in [2.45, 2.75) is 11.1 Å². The molecule has 0 aliphatic rings. The van der Waals surface area contributed by atoms with Crippen LogP contribution in [0.1, 0.15) is 5.56 Å². The van der Waals surface area contributed by atoms with Gasteiger partial charge in [0, 0.05) is 0 Å². The summed E-state index contributed by atoms with van der Waals surface area (Å²) < 4.78 is 60.2. The molecule has 0 bridgehead atoms. The highest BCUT2D eigenvalue weighted by Gasteiger charge is 2.31. The lowest BCUT2D eigenvalue weighted by Crippen LogP contribution is -2.27. The fraction of sp³-hybridized carbons (Fsp3) is 0.222. The number of aliphatic carboxylic acids is 1. The molecule has 0 radical (unpaired) electrons. The Labute approximate surface area is 105 Å². The van der Waals surface area contributed by atoms with Crippen molar-refractivity contribution in [3.8, 4) is 0 Å². The predicted octanol–water partition coefficient (Wildman–Crippen LogP) is 1.000. The molecule has 106 valence electrons. The van der Waals surface area contributed by atoms with Crippen molar-refractivity contribution in [2.75, 3.05) is 6.61 Å². The molecular weight excluding hydrogens is 291 g/mol. The summed E-state index contributed by atoms with van der Waals surface area (Å²) in [7, 11) is -4.37. The van der Waals surface area contributed by atoms with E-state index in [0.717, 1.165) is 12.1 Å². The first-order chi connectivity index (χ1) is 8.63. The zero-order chi connectivity index (χ0) is 14.7. The van der Waals surface area contributed by atoms with E-state index in [4.69, 9.17) is 5.11 Å². The maximum Gasteiger partial charge on any atom is 0.416 e. The summed E-state index contributed by atoms with van der Waals surface area (Å²) in [5, 5.41) is 8.22. The number of hydrogen-bond donors (Lipinski definition) is 2. The SMILES string of the molecule is O=C(O)CONS(=O)(=O)c1cccc(C(F)(F)F)c1. The van der Waals surface area contributed by atoms with Gasteiger partial charge in [-0.25, -0.2) is 13.2 Å². The van der Waals surface area contributed by atoms with Crippen LogP contribution in [-0.2, 0) is 25.8 Å². The molecule has 1 rings (SSSR count). The lowest BCUT2D eigenvalue weighted by Gasteiger charge is -2.09. The Balaban J connectivity index is 2.93. The third-order valence-electron chi connectivity index (χ3n) is 1.84. The van der Waals surface area contributed by atoms with Crippen LogP contribution in [0.5, 0.6) is 0 Å². The molecule has 0 unspecified atom stereocenters. The van der Waals surface area contributed by atoms with E-state index in [-0.39, 0.29) is 0 Å². The summed E-state index contributed by atoms with van der Waals surface area (Å²) in [6.45, 7) is -0.960. The quantitative estimate of drug-likeness (QED) is 0.791. The van der Waals surface area contributed by atoms with E-state index in [9.17, 15) is 26.4 Å². The van der Waals surface area contributed by atoms with Gasteiger partial charge < -0.3 is 5.11 Å². The number of rotatable bonds is 5. The number of nitrogens with one attached hydrogen (secondary N) is 1. The van der Waals surface area contributed by atoms with Gasteiger partial charge in [0.1, 0.15) is 0 Å². The van der Waals surface area contributed by atoms with Crippen LogP contribution in [0.25, 0.3) is 0 Å². The third kappa shape index (κ3) is 4.50. The zero-order valence-electron chi connectivity index (χ0n) is 9.14. The number of sulfonamides is 1. The smallest absolute Gasteiger partial charge is 0.416 e. The first-order valence-electron chi connectivity index (χ1n) is 4.65. The molecule has 2 N–H and O–H groups in total. The van der Waals surface area contributed by atoms with E-state index in [2.05, 4.69) is 4.84 Å². The van der Waals surface area contributed by atoms with Crippen LogP contribution in [0, 0.1) is 0 Å². The van der Waals surface area contributed by atoms with E-state index in [1.807, 2.05) is 0 Å². The molecule has 10 heteroatoms. The van der Waals surface area contributed by atoms with Crippen LogP contribution in [-0.4, -0.2) is 26.1 Å². The molecule has 0 aliphatic heterocycles. The summed E-state index contributed by atoms with van der Waals surface area (Å²) in [5.41, 5.74) is -1.14. The van der Waals surface area contributed by atoms with Gasteiger partial charge in [-0.2, -0.15) is 13.2 Å². The van der Waals surface area contributed by atoms with Gasteiger partial charge >= 0.3 is 12.1 Å². The fourth-order valence-corrected chi connectivity index (χ4v) is 1.91. The highest BCUT2D eigenvalue weighted by molar-refractivity contribution is 7.89. The molecule has 0 amide bonds. The Morgan fingerprint density at radius 1 is 1.37 bits per heavy atom. The van der Waals surface area contributed by atoms with Gasteiger partial charge in [0.15, 0.2) is 6.61 Å². The van der Waals surface area contributed by atoms with Crippen LogP contribution in [0.15, 0.2) is 29.2 Å². The molecule has 0 heterocycles. The topological polar surface area (TPSA) is 92.7 Å². The minimum Gasteiger partial charge on any atom is -0.479 e. The Kier molecular flexibility index (Phi) is 4.50.